The summed E-state index contributed by atoms with van der Waals surface area (Å²) >= 11 is 0. The molecule has 2 aromatic carbocycles. The topological polar surface area (TPSA) is 122 Å². The second-order valence-corrected chi connectivity index (χ2v) is 16.4. The number of rotatable bonds is 4. The normalized spacial score (nSPS) is 23.8. The molecular formula is C41H45F4N7O5. The fourth-order valence-electron chi connectivity index (χ4n) is 9.82. The van der Waals surface area contributed by atoms with Crippen LogP contribution in [0.25, 0.3) is 32.9 Å². The van der Waals surface area contributed by atoms with Gasteiger partial charge in [-0.3, -0.25) is 14.8 Å². The lowest BCUT2D eigenvalue weighted by atomic mass is 9.91. The Kier molecular flexibility index (Phi) is 9.52. The summed E-state index contributed by atoms with van der Waals surface area (Å²) in [6, 6.07) is 6.50. The first-order chi connectivity index (χ1) is 27.4. The number of halogens is 4. The lowest BCUT2D eigenvalue weighted by Gasteiger charge is -2.41. The van der Waals surface area contributed by atoms with E-state index in [2.05, 4.69) is 15.2 Å². The average Bonchev–Trinajstić information content (AvgIpc) is 3.92. The van der Waals surface area contributed by atoms with Gasteiger partial charge in [0.15, 0.2) is 5.82 Å². The van der Waals surface area contributed by atoms with Gasteiger partial charge in [0.1, 0.15) is 35.4 Å². The molecule has 2 amide bonds. The molecule has 10 rings (SSSR count). The number of aryl methyl sites for hydroxylation is 1. The molecule has 302 valence electrons. The van der Waals surface area contributed by atoms with Crippen molar-refractivity contribution >= 4 is 39.7 Å². The molecule has 0 spiro atoms. The summed E-state index contributed by atoms with van der Waals surface area (Å²) in [7, 11) is 0. The number of pyridine rings is 1. The molecule has 57 heavy (non-hydrogen) atoms. The van der Waals surface area contributed by atoms with Gasteiger partial charge in [0.25, 0.3) is 0 Å². The summed E-state index contributed by atoms with van der Waals surface area (Å²) < 4.78 is 76.7. The zero-order valence-electron chi connectivity index (χ0n) is 31.8. The van der Waals surface area contributed by atoms with Gasteiger partial charge in [0.05, 0.1) is 23.1 Å². The minimum Gasteiger partial charge on any atom is -0.461 e. The number of hydrogen-bond acceptors (Lipinski definition) is 10. The van der Waals surface area contributed by atoms with E-state index in [1.807, 2.05) is 17.9 Å². The van der Waals surface area contributed by atoms with Gasteiger partial charge in [-0.1, -0.05) is 18.2 Å². The maximum Gasteiger partial charge on any atom is 0.415 e. The number of carbonyl (C=O) groups is 2. The van der Waals surface area contributed by atoms with Crippen LogP contribution in [0.3, 0.4) is 0 Å². The van der Waals surface area contributed by atoms with E-state index < -0.39 is 35.8 Å². The van der Waals surface area contributed by atoms with Gasteiger partial charge < -0.3 is 24.4 Å². The first-order valence-electron chi connectivity index (χ1n) is 20.0. The Morgan fingerprint density at radius 1 is 1.04 bits per heavy atom. The Hall–Kier alpha value is -4.99. The minimum absolute atomic E-state index is 0.0192. The molecule has 0 radical (unpaired) electrons. The molecule has 4 fully saturated rings. The molecule has 4 saturated heterocycles. The molecule has 0 aliphatic carbocycles. The molecule has 1 N–H and O–H groups in total. The van der Waals surface area contributed by atoms with Crippen molar-refractivity contribution in [1.82, 2.24) is 30.1 Å². The molecule has 12 nitrogen and oxygen atoms in total. The van der Waals surface area contributed by atoms with Crippen LogP contribution in [0.4, 0.5) is 33.0 Å². The highest BCUT2D eigenvalue weighted by molar-refractivity contribution is 6.02. The molecular weight excluding hydrogens is 746 g/mol. The van der Waals surface area contributed by atoms with Crippen molar-refractivity contribution in [3.8, 4) is 23.0 Å². The number of anilines is 1. The fourth-order valence-corrected chi connectivity index (χ4v) is 9.82. The van der Waals surface area contributed by atoms with Gasteiger partial charge in [-0.15, -0.1) is 0 Å². The zero-order valence-corrected chi connectivity index (χ0v) is 31.8. The highest BCUT2D eigenvalue weighted by Crippen LogP contribution is 2.42. The van der Waals surface area contributed by atoms with Crippen LogP contribution < -0.4 is 19.7 Å². The third kappa shape index (κ3) is 7.03. The van der Waals surface area contributed by atoms with Crippen molar-refractivity contribution in [2.24, 2.45) is 0 Å². The lowest BCUT2D eigenvalue weighted by Crippen LogP contribution is -2.57. The standard InChI is InChI=1S/C41H45F4N7O5/c1-39-12-5-15-50(23-39)35-29-22-46-33(32(42)34(29)47-36(48-35)56-24-40-13-6-16-51(40)17-7-14-40)28-21-27(57-38(54)52-18-3-11-30(52)41(43,44)45)20-26-9-2-8-25(31(26)28)10-4-19-55-37(53)49-39/h2,8-9,20-22,30H,3-7,10-19,23-24H2,1H3,(H,49,53). The number of aromatic nitrogens is 3. The van der Waals surface area contributed by atoms with Crippen LogP contribution in [0.15, 0.2) is 36.5 Å². The molecule has 2 atom stereocenters. The van der Waals surface area contributed by atoms with Crippen molar-refractivity contribution < 1.29 is 41.4 Å². The third-order valence-corrected chi connectivity index (χ3v) is 12.5. The van der Waals surface area contributed by atoms with E-state index in [0.29, 0.717) is 72.3 Å². The van der Waals surface area contributed by atoms with Crippen LogP contribution >= 0.6 is 0 Å². The van der Waals surface area contributed by atoms with E-state index in [4.69, 9.17) is 24.2 Å². The van der Waals surface area contributed by atoms with Crippen molar-refractivity contribution in [1.29, 1.82) is 0 Å². The Balaban J connectivity index is 1.19. The van der Waals surface area contributed by atoms with Crippen molar-refractivity contribution in [3.05, 3.63) is 47.9 Å². The van der Waals surface area contributed by atoms with Crippen molar-refractivity contribution in [2.45, 2.75) is 94.4 Å². The Labute approximate surface area is 326 Å². The van der Waals surface area contributed by atoms with E-state index in [0.717, 1.165) is 44.3 Å². The predicted octanol–water partition coefficient (Wildman–Crippen LogP) is 7.55. The maximum absolute atomic E-state index is 17.5. The molecule has 8 heterocycles. The monoisotopic (exact) mass is 791 g/mol. The third-order valence-electron chi connectivity index (χ3n) is 12.5. The van der Waals surface area contributed by atoms with Crippen LogP contribution in [0.1, 0.15) is 70.3 Å². The number of nitrogens with zero attached hydrogens (tertiary/aromatic N) is 6. The number of fused-ring (bicyclic) bond motifs is 7. The lowest BCUT2D eigenvalue weighted by molar-refractivity contribution is -0.170. The Morgan fingerprint density at radius 2 is 1.84 bits per heavy atom. The molecule has 2 unspecified atom stereocenters. The Bertz CT molecular complexity index is 2230. The first kappa shape index (κ1) is 37.6. The number of amides is 2. The molecule has 2 aromatic heterocycles. The van der Waals surface area contributed by atoms with Gasteiger partial charge in [0, 0.05) is 31.4 Å². The van der Waals surface area contributed by atoms with Crippen LogP contribution in [-0.4, -0.2) is 106 Å². The first-order valence-corrected chi connectivity index (χ1v) is 20.0. The second-order valence-electron chi connectivity index (χ2n) is 16.4. The highest BCUT2D eigenvalue weighted by atomic mass is 19.4. The molecule has 6 aliphatic heterocycles. The zero-order chi connectivity index (χ0) is 39.5. The molecule has 6 bridgehead atoms. The number of hydrogen-bond donors (Lipinski definition) is 1. The number of ether oxygens (including phenoxy) is 3. The maximum atomic E-state index is 17.5. The number of alkyl halides is 3. The van der Waals surface area contributed by atoms with Crippen LogP contribution in [-0.2, 0) is 11.2 Å². The number of alkyl carbamates (subject to hydrolysis) is 1. The molecule has 4 aromatic rings. The van der Waals surface area contributed by atoms with Crippen molar-refractivity contribution in [2.75, 3.05) is 50.8 Å². The van der Waals surface area contributed by atoms with E-state index in [-0.39, 0.29) is 60.1 Å². The van der Waals surface area contributed by atoms with E-state index in [1.54, 1.807) is 18.2 Å². The average molecular weight is 792 g/mol. The molecule has 6 aliphatic rings. The summed E-state index contributed by atoms with van der Waals surface area (Å²) in [6.45, 7) is 5.27. The summed E-state index contributed by atoms with van der Waals surface area (Å²) in [5, 5.41) is 4.57. The van der Waals surface area contributed by atoms with Gasteiger partial charge in [0.2, 0.25) is 0 Å². The van der Waals surface area contributed by atoms with Crippen molar-refractivity contribution in [3.63, 3.8) is 0 Å². The van der Waals surface area contributed by atoms with Crippen LogP contribution in [0.2, 0.25) is 0 Å². The SMILES string of the molecule is CC12CCCN(C1)c1nc(OCC34CCCN3CCC4)nc3c(F)c(ncc13)-c1cc(OC(=O)N3CCCC3C(F)(F)F)cc3cccc(c13)CCCOC(=O)N2. The smallest absolute Gasteiger partial charge is 0.415 e. The summed E-state index contributed by atoms with van der Waals surface area (Å²) in [5.41, 5.74) is 0.148. The van der Waals surface area contributed by atoms with Crippen LogP contribution in [0, 0.1) is 5.82 Å². The van der Waals surface area contributed by atoms with Crippen LogP contribution in [0.5, 0.6) is 11.8 Å². The predicted molar refractivity (Wildman–Crippen MR) is 203 cm³/mol. The molecule has 16 heteroatoms. The molecule has 0 saturated carbocycles. The van der Waals surface area contributed by atoms with Gasteiger partial charge >= 0.3 is 24.4 Å². The number of nitrogens with one attached hydrogen (secondary N) is 1. The quantitative estimate of drug-likeness (QED) is 0.208. The summed E-state index contributed by atoms with van der Waals surface area (Å²) in [6.07, 6.45) is 1.63. The van der Waals surface area contributed by atoms with Gasteiger partial charge in [-0.05, 0) is 113 Å². The van der Waals surface area contributed by atoms with E-state index in [1.165, 1.54) is 12.3 Å². The van der Waals surface area contributed by atoms with Gasteiger partial charge in [-0.2, -0.15) is 23.1 Å². The van der Waals surface area contributed by atoms with Gasteiger partial charge in [-0.25, -0.2) is 14.0 Å². The van der Waals surface area contributed by atoms with E-state index in [9.17, 15) is 22.8 Å². The number of carbonyl (C=O) groups excluding carboxylic acids is 2. The highest BCUT2D eigenvalue weighted by Gasteiger charge is 2.49. The number of benzene rings is 2. The van der Waals surface area contributed by atoms with E-state index >= 15 is 4.39 Å². The largest absolute Gasteiger partial charge is 0.461 e. The summed E-state index contributed by atoms with van der Waals surface area (Å²) in [5.74, 6) is -0.389. The summed E-state index contributed by atoms with van der Waals surface area (Å²) in [4.78, 5) is 45.9. The Morgan fingerprint density at radius 3 is 2.65 bits per heavy atom. The second kappa shape index (κ2) is 14.4. The minimum atomic E-state index is -4.61. The number of piperidine rings is 1. The fraction of sp³-hybridized carbons (Fsp3) is 0.537. The number of likely N-dealkylation sites (tertiary alicyclic amines) is 1.